The maximum Gasteiger partial charge on any atom is 0.508 e. The molecule has 2 aromatic heterocycles. The van der Waals surface area contributed by atoms with Gasteiger partial charge in [-0.1, -0.05) is 0 Å². The minimum atomic E-state index is -1.46. The Kier molecular flexibility index (Phi) is 10.5. The molecular formula is C27H31N8O11P. The van der Waals surface area contributed by atoms with Crippen LogP contribution in [-0.4, -0.2) is 95.0 Å². The van der Waals surface area contributed by atoms with E-state index in [1.165, 1.54) is 36.3 Å². The molecule has 19 nitrogen and oxygen atoms in total. The fourth-order valence-electron chi connectivity index (χ4n) is 4.74. The van der Waals surface area contributed by atoms with Crippen LogP contribution >= 0.6 is 8.38 Å². The van der Waals surface area contributed by atoms with Gasteiger partial charge in [-0.3, -0.25) is 19.9 Å². The van der Waals surface area contributed by atoms with Crippen molar-refractivity contribution in [3.63, 3.8) is 0 Å². The fourth-order valence-corrected chi connectivity index (χ4v) is 5.75. The van der Waals surface area contributed by atoms with Crippen molar-refractivity contribution in [2.75, 3.05) is 40.8 Å². The molecule has 5 rings (SSSR count). The summed E-state index contributed by atoms with van der Waals surface area (Å²) in [5.74, 6) is 0.558. The van der Waals surface area contributed by atoms with E-state index in [0.29, 0.717) is 0 Å². The minimum Gasteiger partial charge on any atom is -0.454 e. The molecule has 1 fully saturated rings. The van der Waals surface area contributed by atoms with Crippen molar-refractivity contribution >= 4 is 43.5 Å². The van der Waals surface area contributed by atoms with E-state index in [-0.39, 0.29) is 72.6 Å². The molecule has 4 heterocycles. The fraction of sp³-hybridized carbons (Fsp3) is 0.481. The molecule has 0 radical (unpaired) electrons. The van der Waals surface area contributed by atoms with E-state index < -0.39 is 49.6 Å². The number of benzene rings is 1. The van der Waals surface area contributed by atoms with Gasteiger partial charge in [0.1, 0.15) is 24.2 Å². The summed E-state index contributed by atoms with van der Waals surface area (Å²) in [7, 11) is 2.08. The van der Waals surface area contributed by atoms with Gasteiger partial charge in [0.2, 0.25) is 12.7 Å². The number of fused-ring (bicyclic) bond motifs is 2. The predicted molar refractivity (Wildman–Crippen MR) is 162 cm³/mol. The average molecular weight is 675 g/mol. The van der Waals surface area contributed by atoms with Crippen LogP contribution in [0.15, 0.2) is 28.1 Å². The largest absolute Gasteiger partial charge is 0.508 e. The van der Waals surface area contributed by atoms with E-state index in [9.17, 15) is 19.7 Å². The summed E-state index contributed by atoms with van der Waals surface area (Å²) >= 11 is 0. The highest BCUT2D eigenvalue weighted by Gasteiger charge is 2.41. The molecule has 0 amide bonds. The molecule has 3 aromatic rings. The third-order valence-corrected chi connectivity index (χ3v) is 7.99. The quantitative estimate of drug-likeness (QED) is 0.0521. The Morgan fingerprint density at radius 2 is 2.15 bits per heavy atom. The summed E-state index contributed by atoms with van der Waals surface area (Å²) < 4.78 is 40.6. The Balaban J connectivity index is 1.31. The van der Waals surface area contributed by atoms with Crippen LogP contribution in [0.1, 0.15) is 37.7 Å². The first-order valence-corrected chi connectivity index (χ1v) is 15.8. The van der Waals surface area contributed by atoms with Gasteiger partial charge in [-0.2, -0.15) is 15.3 Å². The van der Waals surface area contributed by atoms with Gasteiger partial charge in [0.25, 0.3) is 11.2 Å². The lowest BCUT2D eigenvalue weighted by Crippen LogP contribution is -2.30. The summed E-state index contributed by atoms with van der Waals surface area (Å²) in [6, 6.07) is 4.59. The van der Waals surface area contributed by atoms with E-state index >= 15 is 0 Å². The van der Waals surface area contributed by atoms with Crippen LogP contribution in [0.5, 0.6) is 11.5 Å². The molecule has 47 heavy (non-hydrogen) atoms. The molecule has 250 valence electrons. The van der Waals surface area contributed by atoms with Crippen molar-refractivity contribution in [2.24, 2.45) is 4.99 Å². The summed E-state index contributed by atoms with van der Waals surface area (Å²) in [5, 5.41) is 25.0. The number of aliphatic imine (C=N–C) groups is 1. The van der Waals surface area contributed by atoms with E-state index in [4.69, 9.17) is 38.0 Å². The Labute approximate surface area is 268 Å². The van der Waals surface area contributed by atoms with Crippen molar-refractivity contribution in [2.45, 2.75) is 44.3 Å². The Bertz CT molecular complexity index is 1760. The van der Waals surface area contributed by atoms with E-state index in [2.05, 4.69) is 20.1 Å². The van der Waals surface area contributed by atoms with Crippen molar-refractivity contribution in [3.8, 4) is 17.6 Å². The third kappa shape index (κ3) is 7.92. The second-order valence-electron chi connectivity index (χ2n) is 10.5. The zero-order valence-corrected chi connectivity index (χ0v) is 26.6. The predicted octanol–water partition coefficient (Wildman–Crippen LogP) is 3.44. The molecule has 5 unspecified atom stereocenters. The normalized spacial score (nSPS) is 19.9. The van der Waals surface area contributed by atoms with Gasteiger partial charge in [-0.05, 0) is 13.0 Å². The molecular weight excluding hydrogens is 643 g/mol. The molecule has 1 N–H and O–H groups in total. The lowest BCUT2D eigenvalue weighted by Gasteiger charge is -2.22. The second kappa shape index (κ2) is 14.7. The van der Waals surface area contributed by atoms with Crippen LogP contribution in [0.25, 0.3) is 11.0 Å². The minimum absolute atomic E-state index is 0.0613. The SMILES string of the molecule is CC(OC(=O)OCC1OC(n2ncc3c(=O)[nH]c(/N=C/N(C)C)nc32)CC1OP(C)OCCC#N)c1cc2c(cc1[N+](=O)[O-])OCO2. The Morgan fingerprint density at radius 1 is 1.38 bits per heavy atom. The number of hydrogen-bond acceptors (Lipinski definition) is 15. The molecule has 0 aliphatic carbocycles. The number of nitro groups is 1. The van der Waals surface area contributed by atoms with Crippen molar-refractivity contribution in [1.29, 1.82) is 5.26 Å². The average Bonchev–Trinajstić information content (AvgIpc) is 3.76. The third-order valence-electron chi connectivity index (χ3n) is 6.88. The first-order chi connectivity index (χ1) is 22.5. The van der Waals surface area contributed by atoms with E-state index in [1.54, 1.807) is 25.7 Å². The molecule has 1 saturated heterocycles. The molecule has 20 heteroatoms. The number of nitrogens with one attached hydrogen (secondary N) is 1. The Hall–Kier alpha value is -4.89. The van der Waals surface area contributed by atoms with Crippen LogP contribution in [0.3, 0.4) is 0 Å². The number of aromatic nitrogens is 4. The number of nitro benzene ring substituents is 1. The van der Waals surface area contributed by atoms with Gasteiger partial charge >= 0.3 is 6.16 Å². The van der Waals surface area contributed by atoms with Crippen molar-refractivity contribution in [1.82, 2.24) is 24.6 Å². The summed E-state index contributed by atoms with van der Waals surface area (Å²) in [4.78, 5) is 49.4. The Morgan fingerprint density at radius 3 is 2.87 bits per heavy atom. The number of H-pyrrole nitrogens is 1. The van der Waals surface area contributed by atoms with E-state index in [0.717, 1.165) is 0 Å². The highest BCUT2D eigenvalue weighted by Crippen LogP contribution is 2.43. The van der Waals surface area contributed by atoms with Crippen LogP contribution in [0.2, 0.25) is 0 Å². The lowest BCUT2D eigenvalue weighted by atomic mass is 10.1. The molecule has 2 aliphatic heterocycles. The number of rotatable bonds is 13. The molecule has 0 saturated carbocycles. The standard InChI is InChI=1S/C27H31N8O11P/c1-15(16-8-19-20(42-14-41-19)9-18(16)35(38)39)44-27(37)40-12-22-21(46-47(4)43-7-5-6-28)10-23(45-22)34-24-17(11-30-34)25(36)32-26(31-24)29-13-33(2)3/h8-9,11,13,15,21-23H,5,7,10,12,14H2,1-4H3,(H,31,32,36)/b29-13+. The maximum absolute atomic E-state index is 12.8. The molecule has 5 atom stereocenters. The summed E-state index contributed by atoms with van der Waals surface area (Å²) in [6.07, 6.45) is -1.28. The second-order valence-corrected chi connectivity index (χ2v) is 11.8. The molecule has 0 bridgehead atoms. The number of nitriles is 1. The number of hydrogen-bond donors (Lipinski definition) is 1. The van der Waals surface area contributed by atoms with Crippen molar-refractivity contribution < 1.29 is 42.4 Å². The van der Waals surface area contributed by atoms with Crippen LogP contribution in [-0.2, 0) is 23.3 Å². The zero-order chi connectivity index (χ0) is 33.7. The van der Waals surface area contributed by atoms with Gasteiger partial charge < -0.3 is 37.6 Å². The first kappa shape index (κ1) is 33.5. The van der Waals surface area contributed by atoms with Crippen LogP contribution in [0, 0.1) is 21.4 Å². The van der Waals surface area contributed by atoms with E-state index in [1.807, 2.05) is 6.07 Å². The number of aromatic amines is 1. The zero-order valence-electron chi connectivity index (χ0n) is 25.7. The summed E-state index contributed by atoms with van der Waals surface area (Å²) in [6.45, 7) is 2.92. The number of carbonyl (C=O) groups is 1. The van der Waals surface area contributed by atoms with Gasteiger partial charge in [0.05, 0.1) is 54.3 Å². The lowest BCUT2D eigenvalue weighted by molar-refractivity contribution is -0.386. The maximum atomic E-state index is 12.8. The smallest absolute Gasteiger partial charge is 0.454 e. The highest BCUT2D eigenvalue weighted by atomic mass is 31.2. The monoisotopic (exact) mass is 674 g/mol. The van der Waals surface area contributed by atoms with Crippen LogP contribution < -0.4 is 15.0 Å². The van der Waals surface area contributed by atoms with Gasteiger partial charge in [0, 0.05) is 27.2 Å². The highest BCUT2D eigenvalue weighted by molar-refractivity contribution is 7.46. The number of nitrogens with zero attached hydrogens (tertiary/aromatic N) is 7. The van der Waals surface area contributed by atoms with Gasteiger partial charge in [-0.25, -0.2) is 14.5 Å². The molecule has 2 aliphatic rings. The van der Waals surface area contributed by atoms with Gasteiger partial charge in [0.15, 0.2) is 31.7 Å². The number of carbonyl (C=O) groups excluding carboxylic acids is 1. The topological polar surface area (TPSA) is 228 Å². The summed E-state index contributed by atoms with van der Waals surface area (Å²) in [5.41, 5.74) is -0.455. The van der Waals surface area contributed by atoms with Crippen molar-refractivity contribution in [3.05, 3.63) is 44.4 Å². The first-order valence-electron chi connectivity index (χ1n) is 14.2. The van der Waals surface area contributed by atoms with Crippen LogP contribution in [0.4, 0.5) is 16.4 Å². The molecule has 0 spiro atoms. The molecule has 1 aromatic carbocycles. The number of ether oxygens (including phenoxy) is 5. The van der Waals surface area contributed by atoms with Gasteiger partial charge in [-0.15, -0.1) is 0 Å².